The van der Waals surface area contributed by atoms with Crippen LogP contribution in [0.1, 0.15) is 32.8 Å². The quantitative estimate of drug-likeness (QED) is 0.229. The number of nitrogens with zero attached hydrogens (tertiary/aromatic N) is 2. The van der Waals surface area contributed by atoms with Gasteiger partial charge in [-0.25, -0.2) is 0 Å². The van der Waals surface area contributed by atoms with Crippen LogP contribution in [0.5, 0.6) is 5.75 Å². The van der Waals surface area contributed by atoms with Crippen molar-refractivity contribution in [3.63, 3.8) is 0 Å². The predicted octanol–water partition coefficient (Wildman–Crippen LogP) is 3.25. The van der Waals surface area contributed by atoms with Gasteiger partial charge in [-0.15, -0.1) is 0 Å². The summed E-state index contributed by atoms with van der Waals surface area (Å²) in [6.07, 6.45) is -0.0614. The summed E-state index contributed by atoms with van der Waals surface area (Å²) in [6.45, 7) is 7.85. The zero-order chi connectivity index (χ0) is 24.8. The maximum atomic E-state index is 12.5. The summed E-state index contributed by atoms with van der Waals surface area (Å²) in [5.41, 5.74) is 8.89. The number of allylic oxidation sites excluding steroid dienone is 1. The molecule has 2 aromatic rings. The van der Waals surface area contributed by atoms with Crippen molar-refractivity contribution in [3.8, 4) is 5.75 Å². The summed E-state index contributed by atoms with van der Waals surface area (Å²) in [4.78, 5) is 14.4. The van der Waals surface area contributed by atoms with E-state index in [4.69, 9.17) is 15.9 Å². The third-order valence-electron chi connectivity index (χ3n) is 7.54. The van der Waals surface area contributed by atoms with E-state index in [1.165, 1.54) is 5.56 Å². The predicted molar refractivity (Wildman–Crippen MR) is 134 cm³/mol. The smallest absolute Gasteiger partial charge is 0.234 e. The third kappa shape index (κ3) is 4.30. The summed E-state index contributed by atoms with van der Waals surface area (Å²) in [6, 6.07) is 12.5. The summed E-state index contributed by atoms with van der Waals surface area (Å²) in [5, 5.41) is 19.8. The fourth-order valence-corrected chi connectivity index (χ4v) is 5.60. The molecule has 0 aromatic heterocycles. The van der Waals surface area contributed by atoms with E-state index < -0.39 is 6.10 Å². The zero-order valence-electron chi connectivity index (χ0n) is 20.8. The molecule has 7 heteroatoms. The van der Waals surface area contributed by atoms with Crippen molar-refractivity contribution in [1.82, 2.24) is 4.90 Å². The molecule has 1 saturated heterocycles. The molecular weight excluding hydrogens is 428 g/mol. The van der Waals surface area contributed by atoms with E-state index in [-0.39, 0.29) is 29.6 Å². The molecule has 0 aliphatic carbocycles. The Labute approximate surface area is 201 Å². The van der Waals surface area contributed by atoms with E-state index in [0.29, 0.717) is 13.0 Å². The second-order valence-electron chi connectivity index (χ2n) is 10.5. The molecule has 182 valence electrons. The standard InChI is InChI=1S/C27H37N4O3/c1-16-22(17(2)30-26(16)25(18(3)32)27(30)33)15-34-23-11-7-9-20-19(8-6-10-21(20)23)14-31(4,5)13-12-24(28)29/h6-11,16,18,25-26,32H,12-15H2,1-5H3,(H3,28,29)/q+1/t16-,18+,25+,26+/m0/s1. The van der Waals surface area contributed by atoms with Crippen LogP contribution >= 0.6 is 0 Å². The van der Waals surface area contributed by atoms with Gasteiger partial charge in [0, 0.05) is 22.6 Å². The van der Waals surface area contributed by atoms with Gasteiger partial charge in [0.15, 0.2) is 0 Å². The maximum absolute atomic E-state index is 12.5. The number of carbonyl (C=O) groups is 1. The molecule has 4 N–H and O–H groups in total. The van der Waals surface area contributed by atoms with Crippen LogP contribution in [0, 0.1) is 17.2 Å². The lowest BCUT2D eigenvalue weighted by Crippen LogP contribution is -2.62. The average Bonchev–Trinajstić information content (AvgIpc) is 2.96. The highest BCUT2D eigenvalue weighted by Gasteiger charge is 2.57. The average molecular weight is 466 g/mol. The van der Waals surface area contributed by atoms with E-state index in [2.05, 4.69) is 45.3 Å². The van der Waals surface area contributed by atoms with Crippen LogP contribution in [0.15, 0.2) is 47.7 Å². The Balaban J connectivity index is 1.54. The number of aliphatic hydroxyl groups is 1. The molecule has 2 aromatic carbocycles. The molecule has 2 aliphatic heterocycles. The van der Waals surface area contributed by atoms with Crippen LogP contribution in [-0.4, -0.2) is 65.6 Å². The molecule has 0 saturated carbocycles. The van der Waals surface area contributed by atoms with Crippen molar-refractivity contribution < 1.29 is 19.1 Å². The number of nitrogens with one attached hydrogen (secondary N) is 1. The van der Waals surface area contributed by atoms with Crippen LogP contribution in [0.4, 0.5) is 0 Å². The highest BCUT2D eigenvalue weighted by atomic mass is 16.5. The van der Waals surface area contributed by atoms with Crippen molar-refractivity contribution in [3.05, 3.63) is 53.2 Å². The molecule has 0 radical (unpaired) electrons. The largest absolute Gasteiger partial charge is 0.489 e. The number of quaternary nitrogens is 1. The van der Waals surface area contributed by atoms with E-state index in [9.17, 15) is 9.90 Å². The number of rotatable bonds is 9. The maximum Gasteiger partial charge on any atom is 0.234 e. The first-order valence-electron chi connectivity index (χ1n) is 12.0. The van der Waals surface area contributed by atoms with Crippen molar-refractivity contribution in [1.29, 1.82) is 5.41 Å². The Bertz CT molecular complexity index is 1150. The lowest BCUT2D eigenvalue weighted by atomic mass is 9.78. The topological polar surface area (TPSA) is 99.6 Å². The molecule has 0 unspecified atom stereocenters. The Morgan fingerprint density at radius 3 is 2.59 bits per heavy atom. The first-order valence-corrected chi connectivity index (χ1v) is 12.0. The Morgan fingerprint density at radius 2 is 1.91 bits per heavy atom. The van der Waals surface area contributed by atoms with Gasteiger partial charge < -0.3 is 25.0 Å². The molecule has 4 atom stereocenters. The van der Waals surface area contributed by atoms with Gasteiger partial charge in [0.05, 0.1) is 51.0 Å². The molecule has 4 rings (SSSR count). The number of ether oxygens (including phenoxy) is 1. The molecule has 34 heavy (non-hydrogen) atoms. The van der Waals surface area contributed by atoms with Crippen molar-refractivity contribution in [2.75, 3.05) is 27.2 Å². The Hall–Kier alpha value is -2.90. The van der Waals surface area contributed by atoms with Gasteiger partial charge in [-0.2, -0.15) is 0 Å². The molecule has 0 bridgehead atoms. The number of amides is 1. The van der Waals surface area contributed by atoms with Gasteiger partial charge in [0.1, 0.15) is 18.9 Å². The van der Waals surface area contributed by atoms with Crippen molar-refractivity contribution >= 4 is 22.5 Å². The number of fused-ring (bicyclic) bond motifs is 2. The number of β-lactam (4-membered cyclic amide) rings is 1. The lowest BCUT2D eigenvalue weighted by molar-refractivity contribution is -0.902. The number of hydrogen-bond acceptors (Lipinski definition) is 4. The van der Waals surface area contributed by atoms with Crippen LogP contribution < -0.4 is 10.5 Å². The first-order chi connectivity index (χ1) is 16.0. The minimum atomic E-state index is -0.640. The van der Waals surface area contributed by atoms with E-state index >= 15 is 0 Å². The SMILES string of the molecule is CC1=C(COc2cccc3c(C[N+](C)(C)CCC(=N)N)cccc23)[C@H](C)[C@@H]2[C@@H]([C@@H](C)O)C(=O)N12. The van der Waals surface area contributed by atoms with Crippen LogP contribution in [0.2, 0.25) is 0 Å². The summed E-state index contributed by atoms with van der Waals surface area (Å²) >= 11 is 0. The van der Waals surface area contributed by atoms with Crippen molar-refractivity contribution in [2.24, 2.45) is 17.6 Å². The Kier molecular flexibility index (Phi) is 6.44. The highest BCUT2D eigenvalue weighted by molar-refractivity contribution is 5.91. The lowest BCUT2D eigenvalue weighted by Gasteiger charge is -2.46. The normalized spacial score (nSPS) is 23.2. The number of carbonyl (C=O) groups excluding carboxylic acids is 1. The van der Waals surface area contributed by atoms with E-state index in [1.54, 1.807) is 6.92 Å². The van der Waals surface area contributed by atoms with Crippen LogP contribution in [-0.2, 0) is 11.3 Å². The first kappa shape index (κ1) is 24.2. The van der Waals surface area contributed by atoms with E-state index in [0.717, 1.165) is 45.4 Å². The van der Waals surface area contributed by atoms with Gasteiger partial charge in [-0.1, -0.05) is 37.3 Å². The minimum absolute atomic E-state index is 0.0136. The second kappa shape index (κ2) is 9.04. The van der Waals surface area contributed by atoms with Crippen molar-refractivity contribution in [2.45, 2.75) is 45.9 Å². The van der Waals surface area contributed by atoms with Gasteiger partial charge in [0.25, 0.3) is 0 Å². The summed E-state index contributed by atoms with van der Waals surface area (Å²) in [5.74, 6) is 0.888. The fourth-order valence-electron chi connectivity index (χ4n) is 5.60. The van der Waals surface area contributed by atoms with Gasteiger partial charge in [-0.05, 0) is 30.9 Å². The Morgan fingerprint density at radius 1 is 1.24 bits per heavy atom. The van der Waals surface area contributed by atoms with Crippen LogP contribution in [0.3, 0.4) is 0 Å². The number of benzene rings is 2. The molecule has 0 spiro atoms. The molecular formula is C27H37N4O3+. The third-order valence-corrected chi connectivity index (χ3v) is 7.54. The number of amidine groups is 1. The van der Waals surface area contributed by atoms with Gasteiger partial charge in [-0.3, -0.25) is 10.2 Å². The van der Waals surface area contributed by atoms with E-state index in [1.807, 2.05) is 24.0 Å². The summed E-state index contributed by atoms with van der Waals surface area (Å²) in [7, 11) is 4.31. The number of nitrogens with two attached hydrogens (primary N) is 1. The number of hydrogen-bond donors (Lipinski definition) is 3. The molecule has 1 amide bonds. The zero-order valence-corrected chi connectivity index (χ0v) is 20.8. The minimum Gasteiger partial charge on any atom is -0.489 e. The molecule has 2 aliphatic rings. The van der Waals surface area contributed by atoms with Gasteiger partial charge >= 0.3 is 0 Å². The second-order valence-corrected chi connectivity index (χ2v) is 10.5. The van der Waals surface area contributed by atoms with Gasteiger partial charge in [0.2, 0.25) is 5.91 Å². The fraction of sp³-hybridized carbons (Fsp3) is 0.481. The molecule has 1 fully saturated rings. The highest BCUT2D eigenvalue weighted by Crippen LogP contribution is 2.47. The molecule has 7 nitrogen and oxygen atoms in total. The number of aliphatic hydroxyl groups excluding tert-OH is 1. The molecule has 2 heterocycles. The van der Waals surface area contributed by atoms with Crippen LogP contribution in [0.25, 0.3) is 10.8 Å². The monoisotopic (exact) mass is 465 g/mol. The summed E-state index contributed by atoms with van der Waals surface area (Å²) < 4.78 is 7.09.